The SMILES string of the molecule is COc1ccc(CN2CCCC(CN)C2)c(OC)c1. The van der Waals surface area contributed by atoms with Crippen molar-refractivity contribution in [2.75, 3.05) is 33.9 Å². The van der Waals surface area contributed by atoms with Crippen LogP contribution in [0.25, 0.3) is 0 Å². The van der Waals surface area contributed by atoms with Crippen LogP contribution in [0, 0.1) is 5.92 Å². The Morgan fingerprint density at radius 2 is 2.16 bits per heavy atom. The molecule has 0 bridgehead atoms. The molecule has 4 nitrogen and oxygen atoms in total. The van der Waals surface area contributed by atoms with Gasteiger partial charge in [-0.05, 0) is 37.9 Å². The van der Waals surface area contributed by atoms with Crippen molar-refractivity contribution < 1.29 is 9.47 Å². The highest BCUT2D eigenvalue weighted by molar-refractivity contribution is 5.40. The molecule has 19 heavy (non-hydrogen) atoms. The van der Waals surface area contributed by atoms with E-state index in [0.717, 1.165) is 37.7 Å². The average molecular weight is 264 g/mol. The molecule has 1 aliphatic rings. The Balaban J connectivity index is 2.05. The predicted molar refractivity (Wildman–Crippen MR) is 76.6 cm³/mol. The number of nitrogens with two attached hydrogens (primary N) is 1. The van der Waals surface area contributed by atoms with Gasteiger partial charge >= 0.3 is 0 Å². The van der Waals surface area contributed by atoms with E-state index in [9.17, 15) is 0 Å². The van der Waals surface area contributed by atoms with E-state index >= 15 is 0 Å². The Bertz CT molecular complexity index is 409. The largest absolute Gasteiger partial charge is 0.497 e. The molecule has 1 saturated heterocycles. The summed E-state index contributed by atoms with van der Waals surface area (Å²) in [6.45, 7) is 3.94. The minimum Gasteiger partial charge on any atom is -0.497 e. The van der Waals surface area contributed by atoms with Crippen molar-refractivity contribution >= 4 is 0 Å². The molecular formula is C15H24N2O2. The molecule has 4 heteroatoms. The fourth-order valence-corrected chi connectivity index (χ4v) is 2.71. The summed E-state index contributed by atoms with van der Waals surface area (Å²) in [7, 11) is 3.38. The molecule has 1 aliphatic heterocycles. The third-order valence-electron chi connectivity index (χ3n) is 3.82. The van der Waals surface area contributed by atoms with E-state index < -0.39 is 0 Å². The van der Waals surface area contributed by atoms with Gasteiger partial charge in [-0.25, -0.2) is 0 Å². The first-order chi connectivity index (χ1) is 9.26. The summed E-state index contributed by atoms with van der Waals surface area (Å²) in [6.07, 6.45) is 2.49. The molecule has 0 aliphatic carbocycles. The van der Waals surface area contributed by atoms with Gasteiger partial charge in [-0.1, -0.05) is 6.07 Å². The van der Waals surface area contributed by atoms with E-state index in [1.807, 2.05) is 12.1 Å². The molecule has 2 rings (SSSR count). The van der Waals surface area contributed by atoms with Crippen LogP contribution in [0.4, 0.5) is 0 Å². The van der Waals surface area contributed by atoms with Gasteiger partial charge in [0.05, 0.1) is 14.2 Å². The number of likely N-dealkylation sites (tertiary alicyclic amines) is 1. The lowest BCUT2D eigenvalue weighted by Gasteiger charge is -2.32. The second-order valence-corrected chi connectivity index (χ2v) is 5.16. The van der Waals surface area contributed by atoms with Crippen LogP contribution in [-0.2, 0) is 6.54 Å². The van der Waals surface area contributed by atoms with Crippen LogP contribution in [0.2, 0.25) is 0 Å². The van der Waals surface area contributed by atoms with Gasteiger partial charge in [-0.15, -0.1) is 0 Å². The van der Waals surface area contributed by atoms with E-state index in [0.29, 0.717) is 5.92 Å². The number of rotatable bonds is 5. The molecule has 1 atom stereocenters. The van der Waals surface area contributed by atoms with E-state index in [4.69, 9.17) is 15.2 Å². The molecule has 0 spiro atoms. The molecule has 0 aromatic heterocycles. The van der Waals surface area contributed by atoms with Crippen molar-refractivity contribution in [3.63, 3.8) is 0 Å². The molecule has 1 heterocycles. The van der Waals surface area contributed by atoms with Crippen molar-refractivity contribution in [3.05, 3.63) is 23.8 Å². The Kier molecular flexibility index (Phi) is 5.05. The van der Waals surface area contributed by atoms with E-state index in [1.54, 1.807) is 14.2 Å². The van der Waals surface area contributed by atoms with Gasteiger partial charge in [0.25, 0.3) is 0 Å². The van der Waals surface area contributed by atoms with Crippen LogP contribution in [-0.4, -0.2) is 38.8 Å². The first kappa shape index (κ1) is 14.2. The standard InChI is InChI=1S/C15H24N2O2/c1-18-14-6-5-13(15(8-14)19-2)11-17-7-3-4-12(9-16)10-17/h5-6,8,12H,3-4,7,9-11,16H2,1-2H3. The van der Waals surface area contributed by atoms with Gasteiger partial charge in [0, 0.05) is 24.7 Å². The Labute approximate surface area is 115 Å². The number of hydrogen-bond acceptors (Lipinski definition) is 4. The van der Waals surface area contributed by atoms with Gasteiger partial charge in [0.1, 0.15) is 11.5 Å². The second kappa shape index (κ2) is 6.78. The smallest absolute Gasteiger partial charge is 0.127 e. The lowest BCUT2D eigenvalue weighted by atomic mass is 9.98. The lowest BCUT2D eigenvalue weighted by molar-refractivity contribution is 0.169. The number of benzene rings is 1. The zero-order chi connectivity index (χ0) is 13.7. The minimum atomic E-state index is 0.637. The van der Waals surface area contributed by atoms with Crippen LogP contribution in [0.3, 0.4) is 0 Å². The van der Waals surface area contributed by atoms with E-state index in [-0.39, 0.29) is 0 Å². The fraction of sp³-hybridized carbons (Fsp3) is 0.600. The number of nitrogens with zero attached hydrogens (tertiary/aromatic N) is 1. The summed E-state index contributed by atoms with van der Waals surface area (Å²) in [6, 6.07) is 6.02. The molecule has 1 aromatic carbocycles. The quantitative estimate of drug-likeness (QED) is 0.882. The highest BCUT2D eigenvalue weighted by Crippen LogP contribution is 2.27. The summed E-state index contributed by atoms with van der Waals surface area (Å²) in [5, 5.41) is 0. The third kappa shape index (κ3) is 3.61. The fourth-order valence-electron chi connectivity index (χ4n) is 2.71. The monoisotopic (exact) mass is 264 g/mol. The molecule has 0 amide bonds. The number of methoxy groups -OCH3 is 2. The molecule has 1 unspecified atom stereocenters. The molecule has 1 fully saturated rings. The van der Waals surface area contributed by atoms with E-state index in [1.165, 1.54) is 18.4 Å². The zero-order valence-electron chi connectivity index (χ0n) is 11.9. The Hall–Kier alpha value is -1.26. The molecular weight excluding hydrogens is 240 g/mol. The number of ether oxygens (including phenoxy) is 2. The summed E-state index contributed by atoms with van der Waals surface area (Å²) in [4.78, 5) is 2.46. The highest BCUT2D eigenvalue weighted by Gasteiger charge is 2.19. The van der Waals surface area contributed by atoms with Crippen molar-refractivity contribution in [2.24, 2.45) is 11.7 Å². The molecule has 0 saturated carbocycles. The predicted octanol–water partition coefficient (Wildman–Crippen LogP) is 1.87. The molecule has 1 aromatic rings. The highest BCUT2D eigenvalue weighted by atomic mass is 16.5. The zero-order valence-corrected chi connectivity index (χ0v) is 11.9. The average Bonchev–Trinajstić information content (AvgIpc) is 2.48. The van der Waals surface area contributed by atoms with Gasteiger partial charge in [-0.2, -0.15) is 0 Å². The summed E-state index contributed by atoms with van der Waals surface area (Å²) < 4.78 is 10.7. The van der Waals surface area contributed by atoms with Gasteiger partial charge in [0.2, 0.25) is 0 Å². The van der Waals surface area contributed by atoms with Gasteiger partial charge in [0.15, 0.2) is 0 Å². The van der Waals surface area contributed by atoms with Crippen molar-refractivity contribution in [1.82, 2.24) is 4.90 Å². The third-order valence-corrected chi connectivity index (χ3v) is 3.82. The number of piperidine rings is 1. The van der Waals surface area contributed by atoms with Gasteiger partial charge < -0.3 is 15.2 Å². The summed E-state index contributed by atoms with van der Waals surface area (Å²) in [5.41, 5.74) is 6.99. The van der Waals surface area contributed by atoms with Crippen molar-refractivity contribution in [1.29, 1.82) is 0 Å². The first-order valence-electron chi connectivity index (χ1n) is 6.90. The van der Waals surface area contributed by atoms with Crippen LogP contribution < -0.4 is 15.2 Å². The van der Waals surface area contributed by atoms with Crippen LogP contribution in [0.5, 0.6) is 11.5 Å². The van der Waals surface area contributed by atoms with Crippen LogP contribution >= 0.6 is 0 Å². The maximum atomic E-state index is 5.78. The van der Waals surface area contributed by atoms with Crippen LogP contribution in [0.15, 0.2) is 18.2 Å². The lowest BCUT2D eigenvalue weighted by Crippen LogP contribution is -2.37. The maximum absolute atomic E-state index is 5.78. The minimum absolute atomic E-state index is 0.637. The topological polar surface area (TPSA) is 47.7 Å². The molecule has 2 N–H and O–H groups in total. The maximum Gasteiger partial charge on any atom is 0.127 e. The molecule has 106 valence electrons. The van der Waals surface area contributed by atoms with Crippen molar-refractivity contribution in [2.45, 2.75) is 19.4 Å². The van der Waals surface area contributed by atoms with Gasteiger partial charge in [-0.3, -0.25) is 4.90 Å². The Morgan fingerprint density at radius 3 is 2.84 bits per heavy atom. The van der Waals surface area contributed by atoms with E-state index in [2.05, 4.69) is 11.0 Å². The van der Waals surface area contributed by atoms with Crippen LogP contribution in [0.1, 0.15) is 18.4 Å². The number of hydrogen-bond donors (Lipinski definition) is 1. The summed E-state index contributed by atoms with van der Waals surface area (Å²) in [5.74, 6) is 2.37. The normalized spacial score (nSPS) is 20.3. The second-order valence-electron chi connectivity index (χ2n) is 5.16. The van der Waals surface area contributed by atoms with Crippen molar-refractivity contribution in [3.8, 4) is 11.5 Å². The first-order valence-corrected chi connectivity index (χ1v) is 6.90. The molecule has 0 radical (unpaired) electrons. The Morgan fingerprint density at radius 1 is 1.32 bits per heavy atom. The summed E-state index contributed by atoms with van der Waals surface area (Å²) >= 11 is 0.